The van der Waals surface area contributed by atoms with Crippen molar-refractivity contribution in [3.63, 3.8) is 0 Å². The van der Waals surface area contributed by atoms with E-state index in [0.717, 1.165) is 17.3 Å². The summed E-state index contributed by atoms with van der Waals surface area (Å²) in [6.07, 6.45) is 3.41. The van der Waals surface area contributed by atoms with E-state index in [1.807, 2.05) is 43.3 Å². The molecule has 0 saturated carbocycles. The largest absolute Gasteiger partial charge is 0.398 e. The SMILES string of the molecule is CCn1cc(NC(=O)c2cc3ccccc3cc2N)cn1. The first-order valence-corrected chi connectivity index (χ1v) is 6.79. The smallest absolute Gasteiger partial charge is 0.257 e. The van der Waals surface area contributed by atoms with Crippen molar-refractivity contribution in [3.8, 4) is 0 Å². The molecule has 0 aliphatic rings. The number of nitrogen functional groups attached to an aromatic ring is 1. The normalized spacial score (nSPS) is 10.7. The molecule has 0 atom stereocenters. The predicted octanol–water partition coefficient (Wildman–Crippen LogP) is 2.89. The van der Waals surface area contributed by atoms with Crippen LogP contribution in [0.5, 0.6) is 0 Å². The van der Waals surface area contributed by atoms with Crippen molar-refractivity contribution < 1.29 is 4.79 Å². The van der Waals surface area contributed by atoms with Crippen LogP contribution in [0.3, 0.4) is 0 Å². The lowest BCUT2D eigenvalue weighted by Crippen LogP contribution is -2.13. The van der Waals surface area contributed by atoms with E-state index in [4.69, 9.17) is 5.73 Å². The molecule has 0 aliphatic heterocycles. The average molecular weight is 280 g/mol. The van der Waals surface area contributed by atoms with Crippen LogP contribution >= 0.6 is 0 Å². The van der Waals surface area contributed by atoms with Crippen molar-refractivity contribution in [2.24, 2.45) is 0 Å². The number of benzene rings is 2. The van der Waals surface area contributed by atoms with E-state index < -0.39 is 0 Å². The predicted molar refractivity (Wildman–Crippen MR) is 84.2 cm³/mol. The van der Waals surface area contributed by atoms with E-state index in [1.165, 1.54) is 0 Å². The second-order valence-electron chi connectivity index (χ2n) is 4.83. The molecule has 21 heavy (non-hydrogen) atoms. The lowest BCUT2D eigenvalue weighted by Gasteiger charge is -2.08. The summed E-state index contributed by atoms with van der Waals surface area (Å²) in [5.74, 6) is -0.228. The first-order valence-electron chi connectivity index (χ1n) is 6.79. The number of amides is 1. The first kappa shape index (κ1) is 13.2. The molecular weight excluding hydrogens is 264 g/mol. The Hall–Kier alpha value is -2.82. The lowest BCUT2D eigenvalue weighted by atomic mass is 10.0. The molecule has 3 rings (SSSR count). The zero-order chi connectivity index (χ0) is 14.8. The Morgan fingerprint density at radius 3 is 2.67 bits per heavy atom. The third-order valence-electron chi connectivity index (χ3n) is 3.38. The van der Waals surface area contributed by atoms with Crippen molar-refractivity contribution in [2.45, 2.75) is 13.5 Å². The minimum absolute atomic E-state index is 0.228. The molecule has 3 aromatic rings. The quantitative estimate of drug-likeness (QED) is 0.724. The van der Waals surface area contributed by atoms with E-state index in [-0.39, 0.29) is 5.91 Å². The Morgan fingerprint density at radius 1 is 1.29 bits per heavy atom. The van der Waals surface area contributed by atoms with Gasteiger partial charge in [-0.15, -0.1) is 0 Å². The average Bonchev–Trinajstić information content (AvgIpc) is 2.94. The molecule has 106 valence electrons. The van der Waals surface area contributed by atoms with Gasteiger partial charge >= 0.3 is 0 Å². The lowest BCUT2D eigenvalue weighted by molar-refractivity contribution is 0.102. The van der Waals surface area contributed by atoms with Crippen molar-refractivity contribution >= 4 is 28.1 Å². The van der Waals surface area contributed by atoms with Crippen LogP contribution in [0.25, 0.3) is 10.8 Å². The molecule has 0 fully saturated rings. The molecule has 1 aromatic heterocycles. The molecule has 0 spiro atoms. The highest BCUT2D eigenvalue weighted by Gasteiger charge is 2.12. The van der Waals surface area contributed by atoms with Crippen LogP contribution in [-0.2, 0) is 6.54 Å². The fourth-order valence-electron chi connectivity index (χ4n) is 2.25. The molecule has 0 radical (unpaired) electrons. The van der Waals surface area contributed by atoms with Crippen LogP contribution < -0.4 is 11.1 Å². The first-order chi connectivity index (χ1) is 10.2. The molecule has 2 aromatic carbocycles. The van der Waals surface area contributed by atoms with Crippen LogP contribution in [0.2, 0.25) is 0 Å². The van der Waals surface area contributed by atoms with E-state index in [2.05, 4.69) is 10.4 Å². The number of nitrogens with one attached hydrogen (secondary N) is 1. The number of aromatic nitrogens is 2. The van der Waals surface area contributed by atoms with Crippen LogP contribution in [0, 0.1) is 0 Å². The zero-order valence-corrected chi connectivity index (χ0v) is 11.7. The van der Waals surface area contributed by atoms with Crippen molar-refractivity contribution in [2.75, 3.05) is 11.1 Å². The number of carbonyl (C=O) groups is 1. The second-order valence-corrected chi connectivity index (χ2v) is 4.83. The molecule has 1 heterocycles. The molecule has 0 aliphatic carbocycles. The van der Waals surface area contributed by atoms with Gasteiger partial charge in [0, 0.05) is 18.4 Å². The third-order valence-corrected chi connectivity index (χ3v) is 3.38. The van der Waals surface area contributed by atoms with Crippen molar-refractivity contribution in [1.82, 2.24) is 9.78 Å². The Kier molecular flexibility index (Phi) is 3.31. The topological polar surface area (TPSA) is 72.9 Å². The summed E-state index contributed by atoms with van der Waals surface area (Å²) in [6, 6.07) is 11.4. The number of carbonyl (C=O) groups excluding carboxylic acids is 1. The molecule has 3 N–H and O–H groups in total. The fourth-order valence-corrected chi connectivity index (χ4v) is 2.25. The van der Waals surface area contributed by atoms with E-state index in [1.54, 1.807) is 17.1 Å². The number of hydrogen-bond donors (Lipinski definition) is 2. The number of nitrogens with two attached hydrogens (primary N) is 1. The fraction of sp³-hybridized carbons (Fsp3) is 0.125. The third kappa shape index (κ3) is 2.58. The Labute approximate surface area is 122 Å². The summed E-state index contributed by atoms with van der Waals surface area (Å²) in [7, 11) is 0. The maximum atomic E-state index is 12.3. The van der Waals surface area contributed by atoms with Gasteiger partial charge in [0.1, 0.15) is 0 Å². The minimum Gasteiger partial charge on any atom is -0.398 e. The van der Waals surface area contributed by atoms with Gasteiger partial charge in [0.15, 0.2) is 0 Å². The molecular formula is C16H16N4O. The molecule has 1 amide bonds. The van der Waals surface area contributed by atoms with E-state index in [0.29, 0.717) is 16.9 Å². The van der Waals surface area contributed by atoms with Gasteiger partial charge in [-0.1, -0.05) is 24.3 Å². The molecule has 0 saturated heterocycles. The molecule has 0 bridgehead atoms. The maximum Gasteiger partial charge on any atom is 0.257 e. The Morgan fingerprint density at radius 2 is 2.00 bits per heavy atom. The highest BCUT2D eigenvalue weighted by molar-refractivity contribution is 6.10. The van der Waals surface area contributed by atoms with Gasteiger partial charge in [0.25, 0.3) is 5.91 Å². The van der Waals surface area contributed by atoms with Gasteiger partial charge < -0.3 is 11.1 Å². The number of anilines is 2. The van der Waals surface area contributed by atoms with Gasteiger partial charge in [0.2, 0.25) is 0 Å². The summed E-state index contributed by atoms with van der Waals surface area (Å²) in [5, 5.41) is 8.95. The van der Waals surface area contributed by atoms with E-state index >= 15 is 0 Å². The van der Waals surface area contributed by atoms with Gasteiger partial charge in [-0.2, -0.15) is 5.10 Å². The summed E-state index contributed by atoms with van der Waals surface area (Å²) < 4.78 is 1.75. The standard InChI is InChI=1S/C16H16N4O/c1-2-20-10-13(9-18-20)19-16(21)14-7-11-5-3-4-6-12(11)8-15(14)17/h3-10H,2,17H2,1H3,(H,19,21). The highest BCUT2D eigenvalue weighted by atomic mass is 16.1. The maximum absolute atomic E-state index is 12.3. The molecule has 5 nitrogen and oxygen atoms in total. The van der Waals surface area contributed by atoms with Gasteiger partial charge in [-0.05, 0) is 29.8 Å². The number of hydrogen-bond acceptors (Lipinski definition) is 3. The van der Waals surface area contributed by atoms with Crippen molar-refractivity contribution in [3.05, 3.63) is 54.4 Å². The van der Waals surface area contributed by atoms with Crippen LogP contribution in [0.15, 0.2) is 48.8 Å². The second kappa shape index (κ2) is 5.28. The summed E-state index contributed by atoms with van der Waals surface area (Å²) in [4.78, 5) is 12.3. The van der Waals surface area contributed by atoms with E-state index in [9.17, 15) is 4.79 Å². The van der Waals surface area contributed by atoms with Gasteiger partial charge in [-0.25, -0.2) is 0 Å². The monoisotopic (exact) mass is 280 g/mol. The van der Waals surface area contributed by atoms with Crippen molar-refractivity contribution in [1.29, 1.82) is 0 Å². The summed E-state index contributed by atoms with van der Waals surface area (Å²) in [6.45, 7) is 2.74. The van der Waals surface area contributed by atoms with Crippen LogP contribution in [0.1, 0.15) is 17.3 Å². The zero-order valence-electron chi connectivity index (χ0n) is 11.7. The number of nitrogens with zero attached hydrogens (tertiary/aromatic N) is 2. The van der Waals surface area contributed by atoms with Crippen LogP contribution in [-0.4, -0.2) is 15.7 Å². The number of rotatable bonds is 3. The van der Waals surface area contributed by atoms with Gasteiger partial charge in [-0.3, -0.25) is 9.48 Å². The number of aryl methyl sites for hydroxylation is 1. The molecule has 0 unspecified atom stereocenters. The Bertz CT molecular complexity index is 807. The highest BCUT2D eigenvalue weighted by Crippen LogP contribution is 2.22. The Balaban J connectivity index is 1.91. The molecule has 5 heteroatoms. The summed E-state index contributed by atoms with van der Waals surface area (Å²) in [5.41, 5.74) is 7.59. The number of fused-ring (bicyclic) bond motifs is 1. The van der Waals surface area contributed by atoms with Crippen LogP contribution in [0.4, 0.5) is 11.4 Å². The minimum atomic E-state index is -0.228. The summed E-state index contributed by atoms with van der Waals surface area (Å²) >= 11 is 0. The van der Waals surface area contributed by atoms with Gasteiger partial charge in [0.05, 0.1) is 17.4 Å².